The zero-order valence-corrected chi connectivity index (χ0v) is 12.4. The maximum Gasteiger partial charge on any atom is 0.335 e. The van der Waals surface area contributed by atoms with Crippen molar-refractivity contribution in [3.8, 4) is 0 Å². The lowest BCUT2D eigenvalue weighted by Gasteiger charge is -1.94. The average molecular weight is 318 g/mol. The summed E-state index contributed by atoms with van der Waals surface area (Å²) in [5.41, 5.74) is 0.167. The number of aromatic carboxylic acids is 2. The van der Waals surface area contributed by atoms with E-state index in [1.54, 1.807) is 13.8 Å². The smallest absolute Gasteiger partial charge is 0.335 e. The van der Waals surface area contributed by atoms with Gasteiger partial charge in [0.05, 0.1) is 11.1 Å². The van der Waals surface area contributed by atoms with E-state index in [9.17, 15) is 9.59 Å². The summed E-state index contributed by atoms with van der Waals surface area (Å²) in [4.78, 5) is 20.7. The van der Waals surface area contributed by atoms with Crippen LogP contribution in [0.25, 0.3) is 0 Å². The number of carboxylic acids is 2. The zero-order chi connectivity index (χ0) is 17.7. The second-order valence-corrected chi connectivity index (χ2v) is 3.97. The Bertz CT molecular complexity index is 384. The molecule has 0 aliphatic rings. The van der Waals surface area contributed by atoms with Crippen molar-refractivity contribution in [1.82, 2.24) is 0 Å². The number of rotatable bonds is 4. The van der Waals surface area contributed by atoms with Crippen molar-refractivity contribution < 1.29 is 40.2 Å². The molecular formula is C14H22O8. The second-order valence-electron chi connectivity index (χ2n) is 3.97. The number of carboxylic acid groups (broad SMARTS) is 2. The number of hydrogen-bond donors (Lipinski definition) is 6. The van der Waals surface area contributed by atoms with Gasteiger partial charge in [0.1, 0.15) is 0 Å². The Hall–Kier alpha value is -2.00. The highest BCUT2D eigenvalue weighted by atomic mass is 16.5. The van der Waals surface area contributed by atoms with Crippen LogP contribution in [0.4, 0.5) is 0 Å². The number of benzene rings is 1. The Morgan fingerprint density at radius 3 is 1.05 bits per heavy atom. The summed E-state index contributed by atoms with van der Waals surface area (Å²) in [6.45, 7) is 3.40. The van der Waals surface area contributed by atoms with Crippen molar-refractivity contribution in [3.63, 3.8) is 0 Å². The summed E-state index contributed by atoms with van der Waals surface area (Å²) < 4.78 is 0. The van der Waals surface area contributed by atoms with Gasteiger partial charge in [-0.1, -0.05) is 13.8 Å². The Labute approximate surface area is 127 Å². The molecule has 6 N–H and O–H groups in total. The van der Waals surface area contributed by atoms with E-state index in [0.29, 0.717) is 12.8 Å². The molecule has 0 saturated heterocycles. The molecule has 126 valence electrons. The average Bonchev–Trinajstić information content (AvgIpc) is 2.48. The maximum atomic E-state index is 10.3. The Morgan fingerprint density at radius 1 is 0.773 bits per heavy atom. The van der Waals surface area contributed by atoms with Crippen molar-refractivity contribution in [2.45, 2.75) is 39.3 Å². The fraction of sp³-hybridized carbons (Fsp3) is 0.429. The molecule has 0 saturated carbocycles. The fourth-order valence-corrected chi connectivity index (χ4v) is 0.755. The summed E-state index contributed by atoms with van der Waals surface area (Å²) in [5.74, 6) is -2.13. The first kappa shape index (κ1) is 22.3. The van der Waals surface area contributed by atoms with E-state index >= 15 is 0 Å². The topological polar surface area (TPSA) is 156 Å². The van der Waals surface area contributed by atoms with Gasteiger partial charge in [-0.3, -0.25) is 0 Å². The van der Waals surface area contributed by atoms with Gasteiger partial charge in [0.25, 0.3) is 0 Å². The van der Waals surface area contributed by atoms with Crippen molar-refractivity contribution in [1.29, 1.82) is 0 Å². The van der Waals surface area contributed by atoms with E-state index < -0.39 is 24.5 Å². The van der Waals surface area contributed by atoms with Crippen LogP contribution in [0.3, 0.4) is 0 Å². The van der Waals surface area contributed by atoms with Gasteiger partial charge >= 0.3 is 11.9 Å². The van der Waals surface area contributed by atoms with Crippen LogP contribution in [0.5, 0.6) is 0 Å². The van der Waals surface area contributed by atoms with Gasteiger partial charge in [0, 0.05) is 0 Å². The van der Waals surface area contributed by atoms with E-state index in [2.05, 4.69) is 0 Å². The molecule has 8 heteroatoms. The first-order chi connectivity index (χ1) is 10.1. The molecule has 0 fully saturated rings. The third kappa shape index (κ3) is 13.0. The third-order valence-electron chi connectivity index (χ3n) is 2.11. The van der Waals surface area contributed by atoms with Crippen LogP contribution in [-0.2, 0) is 0 Å². The van der Waals surface area contributed by atoms with Crippen molar-refractivity contribution in [2.75, 3.05) is 0 Å². The van der Waals surface area contributed by atoms with Crippen LogP contribution in [0.2, 0.25) is 0 Å². The normalized spacial score (nSPS) is 9.45. The van der Waals surface area contributed by atoms with Crippen LogP contribution in [0, 0.1) is 0 Å². The monoisotopic (exact) mass is 318 g/mol. The molecule has 0 heterocycles. The number of aliphatic hydroxyl groups is 4. The summed E-state index contributed by atoms with van der Waals surface area (Å²) in [7, 11) is 0. The summed E-state index contributed by atoms with van der Waals surface area (Å²) in [5, 5.41) is 48.6. The van der Waals surface area contributed by atoms with Gasteiger partial charge in [0.2, 0.25) is 0 Å². The van der Waals surface area contributed by atoms with E-state index in [4.69, 9.17) is 30.6 Å². The molecule has 0 bridgehead atoms. The quantitative estimate of drug-likeness (QED) is 0.438. The standard InChI is InChI=1S/C8H6O4.2C3H8O2/c9-7(10)5-1-2-6(4-3-5)8(11)12;2*1-2-3(4)5/h1-4H,(H,9,10)(H,11,12);2*3-5H,2H2,1H3. The van der Waals surface area contributed by atoms with Crippen LogP contribution >= 0.6 is 0 Å². The van der Waals surface area contributed by atoms with Gasteiger partial charge in [-0.25, -0.2) is 9.59 Å². The largest absolute Gasteiger partial charge is 0.478 e. The highest BCUT2D eigenvalue weighted by molar-refractivity contribution is 5.91. The van der Waals surface area contributed by atoms with E-state index in [-0.39, 0.29) is 11.1 Å². The molecule has 0 atom stereocenters. The van der Waals surface area contributed by atoms with Gasteiger partial charge in [-0.05, 0) is 37.1 Å². The van der Waals surface area contributed by atoms with Crippen LogP contribution < -0.4 is 0 Å². The van der Waals surface area contributed by atoms with Gasteiger partial charge in [0.15, 0.2) is 12.6 Å². The lowest BCUT2D eigenvalue weighted by molar-refractivity contribution is -0.0420. The highest BCUT2D eigenvalue weighted by Gasteiger charge is 2.04. The molecule has 0 amide bonds. The van der Waals surface area contributed by atoms with Gasteiger partial charge in [-0.2, -0.15) is 0 Å². The first-order valence-corrected chi connectivity index (χ1v) is 6.44. The molecule has 0 aliphatic carbocycles. The van der Waals surface area contributed by atoms with Crippen LogP contribution in [-0.4, -0.2) is 55.2 Å². The minimum absolute atomic E-state index is 0.0833. The zero-order valence-electron chi connectivity index (χ0n) is 12.4. The molecule has 0 unspecified atom stereocenters. The SMILES string of the molecule is CCC(O)O.CCC(O)O.O=C(O)c1ccc(C(=O)O)cc1. The fourth-order valence-electron chi connectivity index (χ4n) is 0.755. The minimum atomic E-state index is -1.12. The molecule has 0 spiro atoms. The predicted octanol–water partition coefficient (Wildman–Crippen LogP) is 0.497. The van der Waals surface area contributed by atoms with E-state index in [1.807, 2.05) is 0 Å². The summed E-state index contributed by atoms with van der Waals surface area (Å²) in [6.07, 6.45) is -1.40. The Morgan fingerprint density at radius 2 is 0.955 bits per heavy atom. The van der Waals surface area contributed by atoms with E-state index in [0.717, 1.165) is 0 Å². The second kappa shape index (κ2) is 12.7. The Kier molecular flexibility index (Phi) is 12.9. The molecular weight excluding hydrogens is 296 g/mol. The molecule has 8 nitrogen and oxygen atoms in total. The van der Waals surface area contributed by atoms with Crippen molar-refractivity contribution >= 4 is 11.9 Å². The predicted molar refractivity (Wildman–Crippen MR) is 77.4 cm³/mol. The number of aliphatic hydroxyl groups excluding tert-OH is 2. The molecule has 0 aromatic heterocycles. The van der Waals surface area contributed by atoms with Crippen molar-refractivity contribution in [3.05, 3.63) is 35.4 Å². The lowest BCUT2D eigenvalue weighted by Crippen LogP contribution is -1.99. The van der Waals surface area contributed by atoms with Gasteiger partial charge in [-0.15, -0.1) is 0 Å². The lowest BCUT2D eigenvalue weighted by atomic mass is 10.1. The van der Waals surface area contributed by atoms with Crippen LogP contribution in [0.1, 0.15) is 47.4 Å². The highest BCUT2D eigenvalue weighted by Crippen LogP contribution is 2.03. The van der Waals surface area contributed by atoms with Crippen LogP contribution in [0.15, 0.2) is 24.3 Å². The third-order valence-corrected chi connectivity index (χ3v) is 2.11. The Balaban J connectivity index is 0. The van der Waals surface area contributed by atoms with Gasteiger partial charge < -0.3 is 30.6 Å². The molecule has 0 aliphatic heterocycles. The maximum absolute atomic E-state index is 10.3. The molecule has 22 heavy (non-hydrogen) atoms. The molecule has 1 rings (SSSR count). The minimum Gasteiger partial charge on any atom is -0.478 e. The molecule has 1 aromatic rings. The summed E-state index contributed by atoms with van der Waals surface area (Å²) >= 11 is 0. The first-order valence-electron chi connectivity index (χ1n) is 6.44. The number of carbonyl (C=O) groups is 2. The summed E-state index contributed by atoms with van der Waals surface area (Å²) in [6, 6.07) is 5.02. The number of hydrogen-bond acceptors (Lipinski definition) is 6. The van der Waals surface area contributed by atoms with Crippen molar-refractivity contribution in [2.24, 2.45) is 0 Å². The molecule has 0 radical (unpaired) electrons. The van der Waals surface area contributed by atoms with E-state index in [1.165, 1.54) is 24.3 Å². The molecule has 1 aromatic carbocycles.